The van der Waals surface area contributed by atoms with E-state index in [1.165, 1.54) is 71.0 Å². The van der Waals surface area contributed by atoms with Crippen LogP contribution in [-0.4, -0.2) is 37.6 Å². The van der Waals surface area contributed by atoms with Crippen molar-refractivity contribution in [1.82, 2.24) is 10.2 Å². The second kappa shape index (κ2) is 6.19. The summed E-state index contributed by atoms with van der Waals surface area (Å²) in [5, 5.41) is 3.43. The van der Waals surface area contributed by atoms with E-state index in [2.05, 4.69) is 24.2 Å². The minimum absolute atomic E-state index is 0.690. The molecule has 1 N–H and O–H groups in total. The molecule has 1 unspecified atom stereocenters. The van der Waals surface area contributed by atoms with Gasteiger partial charge in [-0.2, -0.15) is 0 Å². The minimum Gasteiger partial charge on any atom is -0.316 e. The van der Waals surface area contributed by atoms with Crippen LogP contribution < -0.4 is 5.32 Å². The van der Waals surface area contributed by atoms with Gasteiger partial charge < -0.3 is 10.2 Å². The molecular formula is C15H30N2. The van der Waals surface area contributed by atoms with Crippen molar-refractivity contribution in [2.45, 2.75) is 64.3 Å². The molecule has 100 valence electrons. The Morgan fingerprint density at radius 1 is 1.06 bits per heavy atom. The summed E-state index contributed by atoms with van der Waals surface area (Å²) >= 11 is 0. The molecule has 2 fully saturated rings. The second-order valence-corrected chi connectivity index (χ2v) is 6.26. The van der Waals surface area contributed by atoms with Crippen molar-refractivity contribution < 1.29 is 0 Å². The molecule has 2 aliphatic rings. The highest BCUT2D eigenvalue weighted by Gasteiger charge is 2.35. The molecule has 1 aliphatic heterocycles. The van der Waals surface area contributed by atoms with Crippen molar-refractivity contribution in [2.75, 3.05) is 26.7 Å². The molecule has 2 heteroatoms. The van der Waals surface area contributed by atoms with Crippen LogP contribution in [0.3, 0.4) is 0 Å². The zero-order valence-electron chi connectivity index (χ0n) is 11.8. The fourth-order valence-electron chi connectivity index (χ4n) is 3.75. The van der Waals surface area contributed by atoms with Gasteiger partial charge in [0.05, 0.1) is 0 Å². The topological polar surface area (TPSA) is 15.3 Å². The van der Waals surface area contributed by atoms with Crippen molar-refractivity contribution in [3.8, 4) is 0 Å². The largest absolute Gasteiger partial charge is 0.316 e. The molecule has 0 aromatic heterocycles. The van der Waals surface area contributed by atoms with Gasteiger partial charge in [-0.3, -0.25) is 0 Å². The van der Waals surface area contributed by atoms with Crippen molar-refractivity contribution in [1.29, 1.82) is 0 Å². The maximum absolute atomic E-state index is 3.43. The van der Waals surface area contributed by atoms with Crippen molar-refractivity contribution in [3.63, 3.8) is 0 Å². The van der Waals surface area contributed by atoms with Crippen LogP contribution in [0.2, 0.25) is 0 Å². The highest BCUT2D eigenvalue weighted by atomic mass is 15.2. The van der Waals surface area contributed by atoms with Gasteiger partial charge in [-0.05, 0) is 57.7 Å². The molecule has 0 bridgehead atoms. The number of likely N-dealkylation sites (N-methyl/N-ethyl adjacent to an activating group) is 1. The first-order valence-corrected chi connectivity index (χ1v) is 7.68. The quantitative estimate of drug-likeness (QED) is 0.810. The number of rotatable bonds is 4. The monoisotopic (exact) mass is 238 g/mol. The van der Waals surface area contributed by atoms with E-state index in [-0.39, 0.29) is 0 Å². The Bertz CT molecular complexity index is 207. The third kappa shape index (κ3) is 3.45. The fourth-order valence-corrected chi connectivity index (χ4v) is 3.75. The molecule has 1 spiro atoms. The Kier molecular flexibility index (Phi) is 4.87. The molecule has 1 heterocycles. The van der Waals surface area contributed by atoms with E-state index >= 15 is 0 Å². The number of hydrogen-bond donors (Lipinski definition) is 1. The summed E-state index contributed by atoms with van der Waals surface area (Å²) in [6.07, 6.45) is 11.7. The van der Waals surface area contributed by atoms with Crippen LogP contribution in [-0.2, 0) is 0 Å². The summed E-state index contributed by atoms with van der Waals surface area (Å²) in [6, 6.07) is 0.690. The molecule has 1 atom stereocenters. The second-order valence-electron chi connectivity index (χ2n) is 6.26. The Balaban J connectivity index is 1.77. The van der Waals surface area contributed by atoms with Gasteiger partial charge in [0.2, 0.25) is 0 Å². The van der Waals surface area contributed by atoms with Gasteiger partial charge >= 0.3 is 0 Å². The van der Waals surface area contributed by atoms with Gasteiger partial charge in [0, 0.05) is 12.6 Å². The maximum atomic E-state index is 3.43. The first kappa shape index (κ1) is 13.4. The van der Waals surface area contributed by atoms with E-state index in [9.17, 15) is 0 Å². The predicted octanol–water partition coefficient (Wildman–Crippen LogP) is 3.03. The zero-order valence-corrected chi connectivity index (χ0v) is 11.8. The highest BCUT2D eigenvalue weighted by Crippen LogP contribution is 2.44. The molecule has 0 aromatic carbocycles. The number of nitrogens with zero attached hydrogens (tertiary/aromatic N) is 1. The lowest BCUT2D eigenvalue weighted by atomic mass is 9.68. The van der Waals surface area contributed by atoms with Crippen molar-refractivity contribution >= 4 is 0 Å². The van der Waals surface area contributed by atoms with Gasteiger partial charge in [0.25, 0.3) is 0 Å². The summed E-state index contributed by atoms with van der Waals surface area (Å²) in [5.41, 5.74) is 0.760. The third-order valence-corrected chi connectivity index (χ3v) is 5.21. The van der Waals surface area contributed by atoms with Crippen molar-refractivity contribution in [3.05, 3.63) is 0 Å². The molecule has 0 amide bonds. The van der Waals surface area contributed by atoms with E-state index in [0.717, 1.165) is 5.41 Å². The molecule has 0 radical (unpaired) electrons. The molecular weight excluding hydrogens is 208 g/mol. The van der Waals surface area contributed by atoms with Crippen LogP contribution in [0.5, 0.6) is 0 Å². The minimum atomic E-state index is 0.690. The van der Waals surface area contributed by atoms with Gasteiger partial charge in [-0.15, -0.1) is 0 Å². The summed E-state index contributed by atoms with van der Waals surface area (Å²) in [6.45, 7) is 6.23. The smallest absolute Gasteiger partial charge is 0.0189 e. The SMILES string of the molecule is CCC(CN1CCC2(CCCCC2)CC1)NC. The van der Waals surface area contributed by atoms with Gasteiger partial charge in [-0.1, -0.05) is 26.2 Å². The van der Waals surface area contributed by atoms with E-state index in [1.54, 1.807) is 0 Å². The van der Waals surface area contributed by atoms with Crippen LogP contribution in [0.15, 0.2) is 0 Å². The Morgan fingerprint density at radius 3 is 2.24 bits per heavy atom. The first-order chi connectivity index (χ1) is 8.28. The molecule has 17 heavy (non-hydrogen) atoms. The Labute approximate surface area is 107 Å². The zero-order chi connectivity index (χ0) is 12.1. The summed E-state index contributed by atoms with van der Waals surface area (Å²) in [5.74, 6) is 0. The first-order valence-electron chi connectivity index (χ1n) is 7.68. The number of nitrogens with one attached hydrogen (secondary N) is 1. The Morgan fingerprint density at radius 2 is 1.71 bits per heavy atom. The van der Waals surface area contributed by atoms with Gasteiger partial charge in [-0.25, -0.2) is 0 Å². The van der Waals surface area contributed by atoms with E-state index in [0.29, 0.717) is 6.04 Å². The summed E-state index contributed by atoms with van der Waals surface area (Å²) < 4.78 is 0. The molecule has 1 saturated carbocycles. The normalized spacial score (nSPS) is 27.2. The lowest BCUT2D eigenvalue weighted by Gasteiger charge is -2.45. The number of likely N-dealkylation sites (tertiary alicyclic amines) is 1. The average molecular weight is 238 g/mol. The van der Waals surface area contributed by atoms with Crippen LogP contribution in [0.1, 0.15) is 58.3 Å². The molecule has 1 aliphatic carbocycles. The van der Waals surface area contributed by atoms with Crippen molar-refractivity contribution in [2.24, 2.45) is 5.41 Å². The fraction of sp³-hybridized carbons (Fsp3) is 1.00. The van der Waals surface area contributed by atoms with E-state index in [4.69, 9.17) is 0 Å². The standard InChI is InChI=1S/C15H30N2/c1-3-14(16-2)13-17-11-9-15(10-12-17)7-5-4-6-8-15/h14,16H,3-13H2,1-2H3. The Hall–Kier alpha value is -0.0800. The van der Waals surface area contributed by atoms with Gasteiger partial charge in [0.1, 0.15) is 0 Å². The molecule has 1 saturated heterocycles. The number of piperidine rings is 1. The van der Waals surface area contributed by atoms with Crippen LogP contribution in [0.4, 0.5) is 0 Å². The summed E-state index contributed by atoms with van der Waals surface area (Å²) in [4.78, 5) is 2.69. The van der Waals surface area contributed by atoms with Crippen LogP contribution >= 0.6 is 0 Å². The average Bonchev–Trinajstić information content (AvgIpc) is 2.39. The third-order valence-electron chi connectivity index (χ3n) is 5.21. The van der Waals surface area contributed by atoms with E-state index < -0.39 is 0 Å². The molecule has 0 aromatic rings. The lowest BCUT2D eigenvalue weighted by molar-refractivity contribution is 0.0631. The van der Waals surface area contributed by atoms with E-state index in [1.807, 2.05) is 0 Å². The van der Waals surface area contributed by atoms with Gasteiger partial charge in [0.15, 0.2) is 0 Å². The van der Waals surface area contributed by atoms with Crippen LogP contribution in [0, 0.1) is 5.41 Å². The lowest BCUT2D eigenvalue weighted by Crippen LogP contribution is -2.46. The van der Waals surface area contributed by atoms with Crippen LogP contribution in [0.25, 0.3) is 0 Å². The molecule has 2 nitrogen and oxygen atoms in total. The summed E-state index contributed by atoms with van der Waals surface area (Å²) in [7, 11) is 2.10. The molecule has 2 rings (SSSR count). The number of hydrogen-bond acceptors (Lipinski definition) is 2. The maximum Gasteiger partial charge on any atom is 0.0189 e. The highest BCUT2D eigenvalue weighted by molar-refractivity contribution is 4.89. The predicted molar refractivity (Wildman–Crippen MR) is 74.3 cm³/mol.